The van der Waals surface area contributed by atoms with Crippen LogP contribution >= 0.6 is 0 Å². The van der Waals surface area contributed by atoms with Crippen molar-refractivity contribution >= 4 is 23.0 Å². The van der Waals surface area contributed by atoms with Crippen molar-refractivity contribution in [3.63, 3.8) is 0 Å². The highest BCUT2D eigenvalue weighted by Crippen LogP contribution is 2.26. The largest absolute Gasteiger partial charge is 0.495 e. The number of hydrogen-bond donors (Lipinski definition) is 2. The second kappa shape index (κ2) is 7.60. The Morgan fingerprint density at radius 1 is 1.04 bits per heavy atom. The summed E-state index contributed by atoms with van der Waals surface area (Å²) in [7, 11) is 1.57. The van der Waals surface area contributed by atoms with E-state index in [0.717, 1.165) is 17.8 Å². The van der Waals surface area contributed by atoms with E-state index in [-0.39, 0.29) is 11.4 Å². The molecule has 26 heavy (non-hydrogen) atoms. The van der Waals surface area contributed by atoms with Crippen molar-refractivity contribution in [1.82, 2.24) is 4.98 Å². The van der Waals surface area contributed by atoms with E-state index in [1.807, 2.05) is 24.3 Å². The SMILES string of the molecule is COc1ccccc1Nc1ccc(C(=O)Nc2ccc(F)cc2F)nc1. The maximum atomic E-state index is 13.6. The number of aromatic nitrogens is 1. The van der Waals surface area contributed by atoms with Gasteiger partial charge in [0.05, 0.1) is 30.4 Å². The Labute approximate surface area is 148 Å². The maximum absolute atomic E-state index is 13.6. The first kappa shape index (κ1) is 17.3. The number of halogens is 2. The molecule has 132 valence electrons. The molecule has 0 aliphatic carbocycles. The van der Waals surface area contributed by atoms with E-state index in [4.69, 9.17) is 4.74 Å². The normalized spacial score (nSPS) is 10.3. The standard InChI is InChI=1S/C19H15F2N3O2/c1-26-18-5-3-2-4-16(18)23-13-7-9-17(22-11-13)19(25)24-15-8-6-12(20)10-14(15)21/h2-11,23H,1H3,(H,24,25). The predicted octanol–water partition coefficient (Wildman–Crippen LogP) is 4.36. The van der Waals surface area contributed by atoms with Crippen molar-refractivity contribution in [2.45, 2.75) is 0 Å². The van der Waals surface area contributed by atoms with Gasteiger partial charge in [-0.05, 0) is 36.4 Å². The monoisotopic (exact) mass is 355 g/mol. The number of pyridine rings is 1. The number of benzene rings is 2. The van der Waals surface area contributed by atoms with Crippen LogP contribution in [-0.4, -0.2) is 18.0 Å². The van der Waals surface area contributed by atoms with Crippen LogP contribution in [0.4, 0.5) is 25.8 Å². The average molecular weight is 355 g/mol. The summed E-state index contributed by atoms with van der Waals surface area (Å²) >= 11 is 0. The third kappa shape index (κ3) is 3.94. The third-order valence-corrected chi connectivity index (χ3v) is 3.56. The first-order chi connectivity index (χ1) is 12.6. The number of nitrogens with one attached hydrogen (secondary N) is 2. The van der Waals surface area contributed by atoms with E-state index >= 15 is 0 Å². The van der Waals surface area contributed by atoms with Crippen LogP contribution in [0.15, 0.2) is 60.8 Å². The van der Waals surface area contributed by atoms with Gasteiger partial charge in [0, 0.05) is 6.07 Å². The molecule has 1 amide bonds. The minimum atomic E-state index is -0.854. The van der Waals surface area contributed by atoms with Gasteiger partial charge in [-0.15, -0.1) is 0 Å². The quantitative estimate of drug-likeness (QED) is 0.714. The fourth-order valence-electron chi connectivity index (χ4n) is 2.28. The minimum absolute atomic E-state index is 0.0966. The summed E-state index contributed by atoms with van der Waals surface area (Å²) in [6, 6.07) is 13.4. The smallest absolute Gasteiger partial charge is 0.274 e. The van der Waals surface area contributed by atoms with Crippen molar-refractivity contribution < 1.29 is 18.3 Å². The van der Waals surface area contributed by atoms with Gasteiger partial charge in [0.15, 0.2) is 0 Å². The van der Waals surface area contributed by atoms with Crippen LogP contribution in [0.5, 0.6) is 5.75 Å². The molecule has 3 rings (SSSR count). The first-order valence-corrected chi connectivity index (χ1v) is 7.69. The molecule has 0 aliphatic rings. The molecule has 0 saturated carbocycles. The molecular formula is C19H15F2N3O2. The molecule has 0 spiro atoms. The Hall–Kier alpha value is -3.48. The summed E-state index contributed by atoms with van der Waals surface area (Å²) in [5, 5.41) is 5.49. The number of ether oxygens (including phenoxy) is 1. The van der Waals surface area contributed by atoms with E-state index in [1.54, 1.807) is 13.2 Å². The summed E-state index contributed by atoms with van der Waals surface area (Å²) in [4.78, 5) is 16.2. The number of hydrogen-bond acceptors (Lipinski definition) is 4. The van der Waals surface area contributed by atoms with Crippen LogP contribution in [0.3, 0.4) is 0 Å². The molecule has 7 heteroatoms. The summed E-state index contributed by atoms with van der Waals surface area (Å²) in [6.07, 6.45) is 1.47. The molecule has 0 atom stereocenters. The lowest BCUT2D eigenvalue weighted by Gasteiger charge is -2.11. The van der Waals surface area contributed by atoms with Gasteiger partial charge in [0.25, 0.3) is 5.91 Å². The number of carbonyl (C=O) groups excluding carboxylic acids is 1. The number of rotatable bonds is 5. The molecule has 0 saturated heterocycles. The van der Waals surface area contributed by atoms with Gasteiger partial charge >= 0.3 is 0 Å². The van der Waals surface area contributed by atoms with Crippen LogP contribution in [-0.2, 0) is 0 Å². The molecule has 0 bridgehead atoms. The van der Waals surface area contributed by atoms with Gasteiger partial charge in [-0.3, -0.25) is 4.79 Å². The number of nitrogens with zero attached hydrogens (tertiary/aromatic N) is 1. The van der Waals surface area contributed by atoms with E-state index < -0.39 is 17.5 Å². The lowest BCUT2D eigenvalue weighted by molar-refractivity contribution is 0.102. The van der Waals surface area contributed by atoms with Gasteiger partial charge < -0.3 is 15.4 Å². The molecular weight excluding hydrogens is 340 g/mol. The highest BCUT2D eigenvalue weighted by atomic mass is 19.1. The third-order valence-electron chi connectivity index (χ3n) is 3.56. The van der Waals surface area contributed by atoms with Gasteiger partial charge in [-0.1, -0.05) is 12.1 Å². The van der Waals surface area contributed by atoms with Crippen LogP contribution < -0.4 is 15.4 Å². The average Bonchev–Trinajstić information content (AvgIpc) is 2.65. The Morgan fingerprint density at radius 2 is 1.85 bits per heavy atom. The van der Waals surface area contributed by atoms with Crippen molar-refractivity contribution in [2.75, 3.05) is 17.7 Å². The fraction of sp³-hybridized carbons (Fsp3) is 0.0526. The topological polar surface area (TPSA) is 63.2 Å². The maximum Gasteiger partial charge on any atom is 0.274 e. The van der Waals surface area contributed by atoms with Gasteiger partial charge in [-0.25, -0.2) is 13.8 Å². The van der Waals surface area contributed by atoms with Crippen LogP contribution in [0.1, 0.15) is 10.5 Å². The molecule has 0 radical (unpaired) electrons. The van der Waals surface area contributed by atoms with Crippen LogP contribution in [0.2, 0.25) is 0 Å². The first-order valence-electron chi connectivity index (χ1n) is 7.69. The molecule has 3 aromatic rings. The van der Waals surface area contributed by atoms with Gasteiger partial charge in [0.1, 0.15) is 23.1 Å². The summed E-state index contributed by atoms with van der Waals surface area (Å²) in [5.41, 5.74) is 1.38. The van der Waals surface area contributed by atoms with E-state index in [0.29, 0.717) is 17.5 Å². The number of carbonyl (C=O) groups is 1. The lowest BCUT2D eigenvalue weighted by Crippen LogP contribution is -2.14. The van der Waals surface area contributed by atoms with Gasteiger partial charge in [-0.2, -0.15) is 0 Å². The highest BCUT2D eigenvalue weighted by Gasteiger charge is 2.11. The van der Waals surface area contributed by atoms with E-state index in [2.05, 4.69) is 15.6 Å². The predicted molar refractivity (Wildman–Crippen MR) is 94.8 cm³/mol. The summed E-state index contributed by atoms with van der Waals surface area (Å²) in [5.74, 6) is -1.50. The summed E-state index contributed by atoms with van der Waals surface area (Å²) < 4.78 is 31.8. The van der Waals surface area contributed by atoms with Gasteiger partial charge in [0.2, 0.25) is 0 Å². The zero-order valence-electron chi connectivity index (χ0n) is 13.8. The van der Waals surface area contributed by atoms with E-state index in [1.165, 1.54) is 12.3 Å². The van der Waals surface area contributed by atoms with Crippen molar-refractivity contribution in [2.24, 2.45) is 0 Å². The number of anilines is 3. The summed E-state index contributed by atoms with van der Waals surface area (Å²) in [6.45, 7) is 0. The van der Waals surface area contributed by atoms with Crippen molar-refractivity contribution in [3.8, 4) is 5.75 Å². The Morgan fingerprint density at radius 3 is 2.54 bits per heavy atom. The Bertz CT molecular complexity index is 930. The minimum Gasteiger partial charge on any atom is -0.495 e. The molecule has 0 unspecified atom stereocenters. The molecule has 2 aromatic carbocycles. The number of para-hydroxylation sites is 2. The molecule has 1 aromatic heterocycles. The molecule has 0 fully saturated rings. The zero-order valence-corrected chi connectivity index (χ0v) is 13.8. The van der Waals surface area contributed by atoms with E-state index in [9.17, 15) is 13.6 Å². The second-order valence-electron chi connectivity index (χ2n) is 5.34. The lowest BCUT2D eigenvalue weighted by atomic mass is 10.2. The molecule has 0 aliphatic heterocycles. The van der Waals surface area contributed by atoms with Crippen molar-refractivity contribution in [3.05, 3.63) is 78.1 Å². The fourth-order valence-corrected chi connectivity index (χ4v) is 2.28. The van der Waals surface area contributed by atoms with Crippen LogP contribution in [0.25, 0.3) is 0 Å². The molecule has 5 nitrogen and oxygen atoms in total. The highest BCUT2D eigenvalue weighted by molar-refractivity contribution is 6.03. The Kier molecular flexibility index (Phi) is 5.07. The molecule has 1 heterocycles. The van der Waals surface area contributed by atoms with Crippen LogP contribution in [0, 0.1) is 11.6 Å². The second-order valence-corrected chi connectivity index (χ2v) is 5.34. The zero-order chi connectivity index (χ0) is 18.5. The number of amides is 1. The Balaban J connectivity index is 1.71. The molecule has 2 N–H and O–H groups in total. The number of methoxy groups -OCH3 is 1. The van der Waals surface area contributed by atoms with Crippen molar-refractivity contribution in [1.29, 1.82) is 0 Å².